The molecule has 1 aromatic carbocycles. The van der Waals surface area contributed by atoms with E-state index < -0.39 is 0 Å². The molecular weight excluding hydrogens is 282 g/mol. The van der Waals surface area contributed by atoms with Crippen molar-refractivity contribution < 1.29 is 0 Å². The van der Waals surface area contributed by atoms with E-state index >= 15 is 0 Å². The molecule has 0 fully saturated rings. The lowest BCUT2D eigenvalue weighted by Gasteiger charge is -2.12. The zero-order valence-electron chi connectivity index (χ0n) is 9.55. The van der Waals surface area contributed by atoms with E-state index in [9.17, 15) is 0 Å². The van der Waals surface area contributed by atoms with E-state index in [1.807, 2.05) is 12.1 Å². The van der Waals surface area contributed by atoms with Crippen LogP contribution in [-0.4, -0.2) is 26.8 Å². The number of hydrogen-bond donors (Lipinski definition) is 1. The Hall–Kier alpha value is -1.27. The van der Waals surface area contributed by atoms with Crippen molar-refractivity contribution in [1.29, 1.82) is 0 Å². The van der Waals surface area contributed by atoms with Gasteiger partial charge in [-0.2, -0.15) is 4.80 Å². The number of aromatic nitrogens is 4. The van der Waals surface area contributed by atoms with Crippen molar-refractivity contribution in [2.75, 3.05) is 6.54 Å². The molecular formula is C11H14BrN5. The Morgan fingerprint density at radius 3 is 2.59 bits per heavy atom. The van der Waals surface area contributed by atoms with Crippen LogP contribution in [0.5, 0.6) is 0 Å². The normalized spacial score (nSPS) is 12.6. The highest BCUT2D eigenvalue weighted by Gasteiger charge is 2.13. The second-order valence-electron chi connectivity index (χ2n) is 3.88. The van der Waals surface area contributed by atoms with Gasteiger partial charge in [-0.05, 0) is 29.5 Å². The second kappa shape index (κ2) is 5.37. The fourth-order valence-electron chi connectivity index (χ4n) is 1.70. The molecule has 1 unspecified atom stereocenters. The minimum absolute atomic E-state index is 0.229. The van der Waals surface area contributed by atoms with Gasteiger partial charge in [-0.15, -0.1) is 10.2 Å². The molecule has 0 radical (unpaired) electrons. The summed E-state index contributed by atoms with van der Waals surface area (Å²) in [6.45, 7) is 0.569. The first kappa shape index (κ1) is 12.2. The lowest BCUT2D eigenvalue weighted by molar-refractivity contribution is 0.620. The zero-order valence-corrected chi connectivity index (χ0v) is 11.1. The summed E-state index contributed by atoms with van der Waals surface area (Å²) in [5, 5.41) is 12.0. The van der Waals surface area contributed by atoms with E-state index in [2.05, 4.69) is 43.5 Å². The number of nitrogens with zero attached hydrogens (tertiary/aromatic N) is 4. The summed E-state index contributed by atoms with van der Waals surface area (Å²) < 4.78 is 1.06. The molecule has 1 aromatic heterocycles. The molecule has 0 spiro atoms. The highest BCUT2D eigenvalue weighted by Crippen LogP contribution is 2.20. The Morgan fingerprint density at radius 2 is 2.06 bits per heavy atom. The van der Waals surface area contributed by atoms with Crippen LogP contribution < -0.4 is 5.73 Å². The molecule has 0 aliphatic carbocycles. The third kappa shape index (κ3) is 3.10. The monoisotopic (exact) mass is 295 g/mol. The van der Waals surface area contributed by atoms with E-state index in [1.54, 1.807) is 7.05 Å². The van der Waals surface area contributed by atoms with Crippen molar-refractivity contribution in [3.63, 3.8) is 0 Å². The molecule has 0 aliphatic heterocycles. The fourth-order valence-corrected chi connectivity index (χ4v) is 1.96. The van der Waals surface area contributed by atoms with Crippen molar-refractivity contribution in [3.05, 3.63) is 40.1 Å². The molecule has 90 valence electrons. The first-order chi connectivity index (χ1) is 8.19. The van der Waals surface area contributed by atoms with E-state index in [1.165, 1.54) is 10.4 Å². The number of rotatable bonds is 4. The van der Waals surface area contributed by atoms with Crippen LogP contribution in [0.2, 0.25) is 0 Å². The topological polar surface area (TPSA) is 69.6 Å². The number of halogens is 1. The standard InChI is InChI=1S/C11H14BrN5/c1-17-15-11(14-16-17)6-9(7-13)8-2-4-10(12)5-3-8/h2-5,9H,6-7,13H2,1H3. The van der Waals surface area contributed by atoms with Crippen molar-refractivity contribution >= 4 is 15.9 Å². The van der Waals surface area contributed by atoms with E-state index in [-0.39, 0.29) is 5.92 Å². The molecule has 1 atom stereocenters. The van der Waals surface area contributed by atoms with Crippen molar-refractivity contribution in [2.24, 2.45) is 12.8 Å². The summed E-state index contributed by atoms with van der Waals surface area (Å²) in [5.74, 6) is 0.957. The lowest BCUT2D eigenvalue weighted by atomic mass is 9.96. The Balaban J connectivity index is 2.13. The maximum atomic E-state index is 5.80. The highest BCUT2D eigenvalue weighted by molar-refractivity contribution is 9.10. The van der Waals surface area contributed by atoms with Crippen LogP contribution in [0.1, 0.15) is 17.3 Å². The smallest absolute Gasteiger partial charge is 0.175 e. The van der Waals surface area contributed by atoms with Crippen LogP contribution in [0.3, 0.4) is 0 Å². The van der Waals surface area contributed by atoms with Gasteiger partial charge in [0, 0.05) is 16.8 Å². The lowest BCUT2D eigenvalue weighted by Crippen LogP contribution is -2.15. The van der Waals surface area contributed by atoms with Gasteiger partial charge in [-0.25, -0.2) is 0 Å². The zero-order chi connectivity index (χ0) is 12.3. The molecule has 1 heterocycles. The number of nitrogens with two attached hydrogens (primary N) is 1. The average Bonchev–Trinajstić information content (AvgIpc) is 2.73. The summed E-state index contributed by atoms with van der Waals surface area (Å²) >= 11 is 3.42. The first-order valence-electron chi connectivity index (χ1n) is 5.37. The Morgan fingerprint density at radius 1 is 1.35 bits per heavy atom. The van der Waals surface area contributed by atoms with Crippen LogP contribution in [0.15, 0.2) is 28.7 Å². The molecule has 17 heavy (non-hydrogen) atoms. The van der Waals surface area contributed by atoms with E-state index in [4.69, 9.17) is 5.73 Å². The van der Waals surface area contributed by atoms with Gasteiger partial charge in [-0.3, -0.25) is 0 Å². The molecule has 0 saturated carbocycles. The first-order valence-corrected chi connectivity index (χ1v) is 6.16. The van der Waals surface area contributed by atoms with Crippen molar-refractivity contribution in [2.45, 2.75) is 12.3 Å². The third-order valence-electron chi connectivity index (χ3n) is 2.60. The summed E-state index contributed by atoms with van der Waals surface area (Å²) in [6.07, 6.45) is 0.714. The Bertz CT molecular complexity index is 479. The maximum absolute atomic E-state index is 5.80. The maximum Gasteiger partial charge on any atom is 0.175 e. The summed E-state index contributed by atoms with van der Waals surface area (Å²) in [6, 6.07) is 8.17. The summed E-state index contributed by atoms with van der Waals surface area (Å²) in [7, 11) is 1.76. The van der Waals surface area contributed by atoms with Crippen LogP contribution in [0.4, 0.5) is 0 Å². The molecule has 5 nitrogen and oxygen atoms in total. The summed E-state index contributed by atoms with van der Waals surface area (Å²) in [5.41, 5.74) is 7.00. The fraction of sp³-hybridized carbons (Fsp3) is 0.364. The number of benzene rings is 1. The number of aryl methyl sites for hydroxylation is 1. The quantitative estimate of drug-likeness (QED) is 0.922. The number of tetrazole rings is 1. The van der Waals surface area contributed by atoms with Gasteiger partial charge >= 0.3 is 0 Å². The molecule has 0 aliphatic rings. The third-order valence-corrected chi connectivity index (χ3v) is 3.13. The molecule has 0 saturated heterocycles. The van der Waals surface area contributed by atoms with Crippen molar-refractivity contribution in [1.82, 2.24) is 20.2 Å². The van der Waals surface area contributed by atoms with Crippen LogP contribution in [-0.2, 0) is 13.5 Å². The molecule has 2 N–H and O–H groups in total. The Labute approximate surface area is 108 Å². The van der Waals surface area contributed by atoms with Gasteiger partial charge < -0.3 is 5.73 Å². The molecule has 6 heteroatoms. The molecule has 0 bridgehead atoms. The van der Waals surface area contributed by atoms with Crippen LogP contribution in [0, 0.1) is 0 Å². The van der Waals surface area contributed by atoms with E-state index in [0.717, 1.165) is 10.3 Å². The predicted molar refractivity (Wildman–Crippen MR) is 68.4 cm³/mol. The molecule has 2 rings (SSSR count). The van der Waals surface area contributed by atoms with Gasteiger partial charge in [0.15, 0.2) is 5.82 Å². The minimum Gasteiger partial charge on any atom is -0.330 e. The summed E-state index contributed by atoms with van der Waals surface area (Å²) in [4.78, 5) is 1.46. The number of hydrogen-bond acceptors (Lipinski definition) is 4. The van der Waals surface area contributed by atoms with Crippen molar-refractivity contribution in [3.8, 4) is 0 Å². The van der Waals surface area contributed by atoms with Crippen LogP contribution in [0.25, 0.3) is 0 Å². The highest BCUT2D eigenvalue weighted by atomic mass is 79.9. The minimum atomic E-state index is 0.229. The van der Waals surface area contributed by atoms with Gasteiger partial charge in [0.05, 0.1) is 7.05 Å². The van der Waals surface area contributed by atoms with E-state index in [0.29, 0.717) is 13.0 Å². The largest absolute Gasteiger partial charge is 0.330 e. The molecule has 2 aromatic rings. The van der Waals surface area contributed by atoms with Gasteiger partial charge in [0.2, 0.25) is 0 Å². The van der Waals surface area contributed by atoms with Gasteiger partial charge in [-0.1, -0.05) is 28.1 Å². The second-order valence-corrected chi connectivity index (χ2v) is 4.80. The molecule has 0 amide bonds. The van der Waals surface area contributed by atoms with Gasteiger partial charge in [0.1, 0.15) is 0 Å². The average molecular weight is 296 g/mol. The SMILES string of the molecule is Cn1nnc(CC(CN)c2ccc(Br)cc2)n1. The van der Waals surface area contributed by atoms with Crippen LogP contribution >= 0.6 is 15.9 Å². The predicted octanol–water partition coefficient (Wildman–Crippen LogP) is 1.26. The Kier molecular flexibility index (Phi) is 3.86. The van der Waals surface area contributed by atoms with Gasteiger partial charge in [0.25, 0.3) is 0 Å².